The summed E-state index contributed by atoms with van der Waals surface area (Å²) in [5.41, 5.74) is 1.49. The van der Waals surface area contributed by atoms with Crippen LogP contribution in [0.4, 0.5) is 4.79 Å². The Morgan fingerprint density at radius 2 is 1.88 bits per heavy atom. The van der Waals surface area contributed by atoms with Crippen molar-refractivity contribution in [2.45, 2.75) is 63.8 Å². The Kier molecular flexibility index (Phi) is 7.71. The number of carbonyl (C=O) groups excluding carboxylic acids is 2. The summed E-state index contributed by atoms with van der Waals surface area (Å²) >= 11 is 1.93. The molecule has 2 fully saturated rings. The van der Waals surface area contributed by atoms with Crippen LogP contribution in [0.1, 0.15) is 57.8 Å². The van der Waals surface area contributed by atoms with Crippen molar-refractivity contribution in [1.29, 1.82) is 0 Å². The van der Waals surface area contributed by atoms with Gasteiger partial charge in [0.2, 0.25) is 5.91 Å². The number of rotatable bonds is 5. The first-order valence-corrected chi connectivity index (χ1v) is 11.5. The van der Waals surface area contributed by atoms with Gasteiger partial charge in [-0.15, -0.1) is 0 Å². The molecule has 0 aromatic heterocycles. The molecule has 0 bridgehead atoms. The van der Waals surface area contributed by atoms with Crippen molar-refractivity contribution in [3.63, 3.8) is 0 Å². The average molecular weight is 380 g/mol. The van der Waals surface area contributed by atoms with E-state index in [-0.39, 0.29) is 18.0 Å². The Labute approximate surface area is 161 Å². The molecule has 1 saturated heterocycles. The maximum Gasteiger partial charge on any atom is 0.315 e. The van der Waals surface area contributed by atoms with Gasteiger partial charge >= 0.3 is 6.03 Å². The van der Waals surface area contributed by atoms with Gasteiger partial charge in [0.05, 0.1) is 0 Å². The fraction of sp³-hybridized carbons (Fsp3) is 0.800. The third-order valence-corrected chi connectivity index (χ3v) is 6.79. The average Bonchev–Trinajstić information content (AvgIpc) is 2.69. The molecule has 3 rings (SSSR count). The van der Waals surface area contributed by atoms with Gasteiger partial charge in [-0.1, -0.05) is 11.6 Å². The third kappa shape index (κ3) is 5.93. The molecule has 0 atom stereocenters. The van der Waals surface area contributed by atoms with Crippen LogP contribution in [0.2, 0.25) is 0 Å². The Morgan fingerprint density at radius 3 is 2.58 bits per heavy atom. The molecule has 0 aromatic rings. The highest BCUT2D eigenvalue weighted by Gasteiger charge is 2.30. The normalized spacial score (nSPS) is 26.8. The van der Waals surface area contributed by atoms with Crippen molar-refractivity contribution in [2.24, 2.45) is 5.92 Å². The lowest BCUT2D eigenvalue weighted by Gasteiger charge is -2.34. The molecule has 0 aromatic carbocycles. The Bertz CT molecular complexity index is 509. The molecule has 3 aliphatic rings. The van der Waals surface area contributed by atoms with Gasteiger partial charge in [-0.05, 0) is 57.8 Å². The second-order valence-electron chi connectivity index (χ2n) is 7.74. The van der Waals surface area contributed by atoms with Gasteiger partial charge in [0, 0.05) is 43.1 Å². The molecule has 5 nitrogen and oxygen atoms in total. The number of hydrogen-bond donors (Lipinski definition) is 2. The molecule has 0 spiro atoms. The summed E-state index contributed by atoms with van der Waals surface area (Å²) in [7, 11) is 0. The molecular formula is C20H33N3O2S. The predicted octanol–water partition coefficient (Wildman–Crippen LogP) is 3.31. The lowest BCUT2D eigenvalue weighted by atomic mass is 9.85. The van der Waals surface area contributed by atoms with E-state index in [1.807, 2.05) is 16.7 Å². The highest BCUT2D eigenvalue weighted by atomic mass is 32.2. The number of allylic oxidation sites excluding steroid dienone is 1. The van der Waals surface area contributed by atoms with Crippen LogP contribution >= 0.6 is 11.8 Å². The quantitative estimate of drug-likeness (QED) is 0.721. The molecule has 0 unspecified atom stereocenters. The van der Waals surface area contributed by atoms with Crippen LogP contribution in [0.25, 0.3) is 0 Å². The summed E-state index contributed by atoms with van der Waals surface area (Å²) < 4.78 is 0. The summed E-state index contributed by atoms with van der Waals surface area (Å²) in [6.07, 6.45) is 11.9. The van der Waals surface area contributed by atoms with E-state index in [1.165, 1.54) is 31.3 Å². The molecule has 3 amide bonds. The maximum absolute atomic E-state index is 12.6. The van der Waals surface area contributed by atoms with Gasteiger partial charge in [0.1, 0.15) is 0 Å². The van der Waals surface area contributed by atoms with E-state index in [9.17, 15) is 9.59 Å². The minimum atomic E-state index is -0.0516. The summed E-state index contributed by atoms with van der Waals surface area (Å²) in [6, 6.07) is 0.161. The Balaban J connectivity index is 1.31. The molecular weight excluding hydrogens is 346 g/mol. The molecule has 0 radical (unpaired) electrons. The van der Waals surface area contributed by atoms with E-state index in [4.69, 9.17) is 0 Å². The lowest BCUT2D eigenvalue weighted by Crippen LogP contribution is -2.46. The molecule has 1 saturated carbocycles. The first kappa shape index (κ1) is 19.6. The van der Waals surface area contributed by atoms with Crippen molar-refractivity contribution >= 4 is 23.7 Å². The smallest absolute Gasteiger partial charge is 0.315 e. The fourth-order valence-electron chi connectivity index (χ4n) is 4.23. The standard InChI is InChI=1S/C20H33N3O2S/c24-19(23-12-14-26-15-13-23)17-6-8-18(9-7-17)22-20(25)21-11-10-16-4-2-1-3-5-16/h4,17-18H,1-3,5-15H2,(H2,21,22,25). The lowest BCUT2D eigenvalue weighted by molar-refractivity contribution is -0.136. The van der Waals surface area contributed by atoms with E-state index < -0.39 is 0 Å². The summed E-state index contributed by atoms with van der Waals surface area (Å²) in [6.45, 7) is 2.53. The van der Waals surface area contributed by atoms with Crippen molar-refractivity contribution in [3.8, 4) is 0 Å². The van der Waals surface area contributed by atoms with Crippen molar-refractivity contribution in [2.75, 3.05) is 31.1 Å². The minimum Gasteiger partial charge on any atom is -0.341 e. The van der Waals surface area contributed by atoms with Crippen LogP contribution in [-0.4, -0.2) is 54.0 Å². The monoisotopic (exact) mass is 379 g/mol. The second kappa shape index (κ2) is 10.2. The topological polar surface area (TPSA) is 61.4 Å². The minimum absolute atomic E-state index is 0.0516. The summed E-state index contributed by atoms with van der Waals surface area (Å²) in [5, 5.41) is 6.09. The SMILES string of the molecule is O=C(NCCC1=CCCCC1)NC1CCC(C(=O)N2CCSCC2)CC1. The highest BCUT2D eigenvalue weighted by Crippen LogP contribution is 2.27. The van der Waals surface area contributed by atoms with Gasteiger partial charge < -0.3 is 15.5 Å². The fourth-order valence-corrected chi connectivity index (χ4v) is 5.13. The van der Waals surface area contributed by atoms with Crippen molar-refractivity contribution in [3.05, 3.63) is 11.6 Å². The number of amides is 3. The first-order valence-electron chi connectivity index (χ1n) is 10.3. The van der Waals surface area contributed by atoms with E-state index in [0.29, 0.717) is 5.91 Å². The van der Waals surface area contributed by atoms with E-state index in [1.54, 1.807) is 0 Å². The Morgan fingerprint density at radius 1 is 1.12 bits per heavy atom. The van der Waals surface area contributed by atoms with E-state index in [2.05, 4.69) is 16.7 Å². The first-order chi connectivity index (χ1) is 12.7. The number of hydrogen-bond acceptors (Lipinski definition) is 3. The zero-order valence-electron chi connectivity index (χ0n) is 15.8. The largest absolute Gasteiger partial charge is 0.341 e. The van der Waals surface area contributed by atoms with Gasteiger partial charge in [0.15, 0.2) is 0 Å². The molecule has 146 valence electrons. The van der Waals surface area contributed by atoms with E-state index >= 15 is 0 Å². The van der Waals surface area contributed by atoms with Crippen LogP contribution in [0.3, 0.4) is 0 Å². The molecule has 1 aliphatic heterocycles. The number of urea groups is 1. The third-order valence-electron chi connectivity index (χ3n) is 5.85. The van der Waals surface area contributed by atoms with E-state index in [0.717, 1.165) is 63.2 Å². The van der Waals surface area contributed by atoms with Crippen LogP contribution < -0.4 is 10.6 Å². The van der Waals surface area contributed by atoms with Gasteiger partial charge in [-0.25, -0.2) is 4.79 Å². The molecule has 26 heavy (non-hydrogen) atoms. The molecule has 1 heterocycles. The second-order valence-corrected chi connectivity index (χ2v) is 8.97. The zero-order valence-corrected chi connectivity index (χ0v) is 16.6. The molecule has 6 heteroatoms. The number of nitrogens with one attached hydrogen (secondary N) is 2. The maximum atomic E-state index is 12.6. The summed E-state index contributed by atoms with van der Waals surface area (Å²) in [5.74, 6) is 2.64. The van der Waals surface area contributed by atoms with Gasteiger partial charge in [-0.2, -0.15) is 11.8 Å². The summed E-state index contributed by atoms with van der Waals surface area (Å²) in [4.78, 5) is 26.7. The number of nitrogens with zero attached hydrogens (tertiary/aromatic N) is 1. The van der Waals surface area contributed by atoms with Crippen molar-refractivity contribution in [1.82, 2.24) is 15.5 Å². The predicted molar refractivity (Wildman–Crippen MR) is 107 cm³/mol. The van der Waals surface area contributed by atoms with Crippen molar-refractivity contribution < 1.29 is 9.59 Å². The van der Waals surface area contributed by atoms with Gasteiger partial charge in [-0.3, -0.25) is 4.79 Å². The van der Waals surface area contributed by atoms with Crippen LogP contribution in [0, 0.1) is 5.92 Å². The number of thioether (sulfide) groups is 1. The molecule has 2 N–H and O–H groups in total. The van der Waals surface area contributed by atoms with Crippen LogP contribution in [0.15, 0.2) is 11.6 Å². The number of carbonyl (C=O) groups is 2. The Hall–Kier alpha value is -1.17. The van der Waals surface area contributed by atoms with Gasteiger partial charge in [0.25, 0.3) is 0 Å². The molecule has 2 aliphatic carbocycles. The van der Waals surface area contributed by atoms with Crippen LogP contribution in [0.5, 0.6) is 0 Å². The zero-order chi connectivity index (χ0) is 18.2. The highest BCUT2D eigenvalue weighted by molar-refractivity contribution is 7.99. The van der Waals surface area contributed by atoms with Crippen LogP contribution in [-0.2, 0) is 4.79 Å².